The van der Waals surface area contributed by atoms with E-state index in [1.54, 1.807) is 0 Å². The topological polar surface area (TPSA) is 140 Å². The van der Waals surface area contributed by atoms with Crippen molar-refractivity contribution in [1.82, 2.24) is 5.32 Å². The maximum Gasteiger partial charge on any atom is 0.416 e. The molecule has 2 rings (SSSR count). The third-order valence-electron chi connectivity index (χ3n) is 3.96. The van der Waals surface area contributed by atoms with E-state index in [4.69, 9.17) is 11.5 Å². The van der Waals surface area contributed by atoms with Crippen LogP contribution in [0.3, 0.4) is 0 Å². The summed E-state index contributed by atoms with van der Waals surface area (Å²) in [6.45, 7) is 0.213. The summed E-state index contributed by atoms with van der Waals surface area (Å²) < 4.78 is 105. The van der Waals surface area contributed by atoms with E-state index in [1.807, 2.05) is 4.72 Å². The van der Waals surface area contributed by atoms with Crippen LogP contribution >= 0.6 is 12.4 Å². The van der Waals surface area contributed by atoms with Crippen molar-refractivity contribution in [1.29, 1.82) is 0 Å². The zero-order valence-electron chi connectivity index (χ0n) is 16.9. The van der Waals surface area contributed by atoms with Crippen LogP contribution in [0.4, 0.5) is 32.0 Å². The highest BCUT2D eigenvalue weighted by molar-refractivity contribution is 7.92. The number of guanidine groups is 1. The Hall–Kier alpha value is -3.20. The fourth-order valence-corrected chi connectivity index (χ4v) is 3.57. The number of sulfonamides is 1. The SMILES string of the molecule is Cl.NC(N)=NCCNC(=O)c1ccc(NS(=O)(=O)c2cc(C(F)(F)F)cc(C(F)(F)F)c2)cc1. The van der Waals surface area contributed by atoms with Crippen LogP contribution in [0.2, 0.25) is 0 Å². The third kappa shape index (κ3) is 7.98. The van der Waals surface area contributed by atoms with Gasteiger partial charge >= 0.3 is 12.4 Å². The second-order valence-electron chi connectivity index (χ2n) is 6.49. The number of nitrogens with two attached hydrogens (primary N) is 2. The van der Waals surface area contributed by atoms with Crippen molar-refractivity contribution < 1.29 is 39.6 Å². The number of alkyl halides is 6. The molecule has 1 amide bonds. The molecule has 188 valence electrons. The summed E-state index contributed by atoms with van der Waals surface area (Å²) in [4.78, 5) is 14.4. The van der Waals surface area contributed by atoms with Crippen molar-refractivity contribution in [2.24, 2.45) is 16.5 Å². The lowest BCUT2D eigenvalue weighted by Gasteiger charge is -2.15. The van der Waals surface area contributed by atoms with Gasteiger partial charge in [-0.1, -0.05) is 0 Å². The first kappa shape index (κ1) is 28.8. The Morgan fingerprint density at radius 2 is 1.41 bits per heavy atom. The van der Waals surface area contributed by atoms with Crippen LogP contribution in [0, 0.1) is 0 Å². The molecular weight excluding hydrogens is 516 g/mol. The molecule has 0 aliphatic carbocycles. The van der Waals surface area contributed by atoms with Crippen LogP contribution in [0.1, 0.15) is 21.5 Å². The fourth-order valence-electron chi connectivity index (χ4n) is 2.44. The first-order valence-corrected chi connectivity index (χ1v) is 10.3. The molecule has 0 saturated carbocycles. The van der Waals surface area contributed by atoms with Gasteiger partial charge in [-0.15, -0.1) is 12.4 Å². The van der Waals surface area contributed by atoms with Crippen LogP contribution in [-0.4, -0.2) is 33.4 Å². The minimum Gasteiger partial charge on any atom is -0.370 e. The summed E-state index contributed by atoms with van der Waals surface area (Å²) in [6, 6.07) is 4.62. The normalized spacial score (nSPS) is 11.8. The number of nitrogens with zero attached hydrogens (tertiary/aromatic N) is 1. The van der Waals surface area contributed by atoms with Crippen molar-refractivity contribution in [3.8, 4) is 0 Å². The first-order valence-electron chi connectivity index (χ1n) is 8.85. The van der Waals surface area contributed by atoms with Crippen LogP contribution in [0.25, 0.3) is 0 Å². The van der Waals surface area contributed by atoms with Crippen molar-refractivity contribution >= 4 is 40.0 Å². The van der Waals surface area contributed by atoms with Gasteiger partial charge in [0.1, 0.15) is 0 Å². The van der Waals surface area contributed by atoms with Gasteiger partial charge in [0, 0.05) is 17.8 Å². The summed E-state index contributed by atoms with van der Waals surface area (Å²) >= 11 is 0. The van der Waals surface area contributed by atoms with Crippen LogP contribution < -0.4 is 21.5 Å². The van der Waals surface area contributed by atoms with Gasteiger partial charge in [-0.05, 0) is 42.5 Å². The molecule has 0 atom stereocenters. The molecule has 0 aliphatic rings. The molecule has 0 aliphatic heterocycles. The van der Waals surface area contributed by atoms with Crippen molar-refractivity contribution in [3.63, 3.8) is 0 Å². The lowest BCUT2D eigenvalue weighted by atomic mass is 10.1. The molecule has 0 radical (unpaired) electrons. The van der Waals surface area contributed by atoms with Gasteiger partial charge < -0.3 is 16.8 Å². The van der Waals surface area contributed by atoms with E-state index in [2.05, 4.69) is 10.3 Å². The maximum atomic E-state index is 13.0. The van der Waals surface area contributed by atoms with E-state index < -0.39 is 44.3 Å². The van der Waals surface area contributed by atoms with Gasteiger partial charge in [-0.2, -0.15) is 26.3 Å². The van der Waals surface area contributed by atoms with Gasteiger partial charge in [-0.3, -0.25) is 14.5 Å². The summed E-state index contributed by atoms with van der Waals surface area (Å²) in [6.07, 6.45) is -10.4. The van der Waals surface area contributed by atoms with Crippen molar-refractivity contribution in [3.05, 3.63) is 59.2 Å². The van der Waals surface area contributed by atoms with Crippen molar-refractivity contribution in [2.45, 2.75) is 17.2 Å². The number of hydrogen-bond acceptors (Lipinski definition) is 4. The molecule has 2 aromatic rings. The fraction of sp³-hybridized carbons (Fsp3) is 0.222. The molecule has 0 bridgehead atoms. The molecule has 16 heteroatoms. The number of carbonyl (C=O) groups excluding carboxylic acids is 1. The smallest absolute Gasteiger partial charge is 0.370 e. The Bertz CT molecular complexity index is 1120. The number of halogens is 7. The third-order valence-corrected chi connectivity index (χ3v) is 5.32. The van der Waals surface area contributed by atoms with E-state index in [9.17, 15) is 39.6 Å². The van der Waals surface area contributed by atoms with E-state index in [-0.39, 0.29) is 60.9 Å². The summed E-state index contributed by atoms with van der Waals surface area (Å²) in [5, 5.41) is 2.48. The highest BCUT2D eigenvalue weighted by Gasteiger charge is 2.38. The number of rotatable bonds is 7. The van der Waals surface area contributed by atoms with Gasteiger partial charge in [0.25, 0.3) is 15.9 Å². The lowest BCUT2D eigenvalue weighted by Crippen LogP contribution is -2.28. The molecule has 34 heavy (non-hydrogen) atoms. The molecule has 0 spiro atoms. The highest BCUT2D eigenvalue weighted by Crippen LogP contribution is 2.37. The minimum absolute atomic E-state index is 0. The average molecular weight is 534 g/mol. The highest BCUT2D eigenvalue weighted by atomic mass is 35.5. The van der Waals surface area contributed by atoms with E-state index in [1.165, 1.54) is 12.1 Å². The van der Waals surface area contributed by atoms with Gasteiger partial charge in [0.05, 0.1) is 22.6 Å². The zero-order valence-corrected chi connectivity index (χ0v) is 18.5. The van der Waals surface area contributed by atoms with Gasteiger partial charge in [-0.25, -0.2) is 8.42 Å². The number of anilines is 1. The molecule has 8 nitrogen and oxygen atoms in total. The Kier molecular flexibility index (Phi) is 9.17. The molecule has 0 heterocycles. The summed E-state index contributed by atoms with van der Waals surface area (Å²) in [7, 11) is -4.83. The monoisotopic (exact) mass is 533 g/mol. The Morgan fingerprint density at radius 1 is 0.912 bits per heavy atom. The molecule has 6 N–H and O–H groups in total. The summed E-state index contributed by atoms with van der Waals surface area (Å²) in [5.41, 5.74) is 6.63. The molecule has 0 unspecified atom stereocenters. The Labute approximate surface area is 195 Å². The van der Waals surface area contributed by atoms with Crippen LogP contribution in [0.5, 0.6) is 0 Å². The van der Waals surface area contributed by atoms with Crippen LogP contribution in [0.15, 0.2) is 52.4 Å². The number of carbonyl (C=O) groups is 1. The zero-order chi connectivity index (χ0) is 25.0. The summed E-state index contributed by atoms with van der Waals surface area (Å²) in [5.74, 6) is -0.716. The second-order valence-corrected chi connectivity index (χ2v) is 8.17. The lowest BCUT2D eigenvalue weighted by molar-refractivity contribution is -0.143. The average Bonchev–Trinajstić information content (AvgIpc) is 2.69. The number of amides is 1. The minimum atomic E-state index is -5.21. The quantitative estimate of drug-likeness (QED) is 0.187. The standard InChI is InChI=1S/C18H17F6N5O3S.ClH/c19-17(20,21)11-7-12(18(22,23)24)9-14(8-11)33(31,32)29-13-3-1-10(2-4-13)15(30)27-5-6-28-16(25)26;/h1-4,7-9,29H,5-6H2,(H,27,30)(H4,25,26,28);1H. The van der Waals surface area contributed by atoms with E-state index in [0.29, 0.717) is 0 Å². The maximum absolute atomic E-state index is 13.0. The number of nitrogens with one attached hydrogen (secondary N) is 2. The Morgan fingerprint density at radius 3 is 1.85 bits per heavy atom. The number of aliphatic imine (C=N–C) groups is 1. The first-order chi connectivity index (χ1) is 15.1. The molecule has 0 fully saturated rings. The molecular formula is C18H18ClF6N5O3S. The molecule has 0 saturated heterocycles. The molecule has 2 aromatic carbocycles. The van der Waals surface area contributed by atoms with Crippen LogP contribution in [-0.2, 0) is 22.4 Å². The van der Waals surface area contributed by atoms with Gasteiger partial charge in [0.2, 0.25) is 0 Å². The number of benzene rings is 2. The van der Waals surface area contributed by atoms with Crippen molar-refractivity contribution in [2.75, 3.05) is 17.8 Å². The van der Waals surface area contributed by atoms with Gasteiger partial charge in [0.15, 0.2) is 5.96 Å². The van der Waals surface area contributed by atoms with E-state index in [0.717, 1.165) is 12.1 Å². The largest absolute Gasteiger partial charge is 0.416 e. The second kappa shape index (κ2) is 10.8. The van der Waals surface area contributed by atoms with E-state index >= 15 is 0 Å². The molecule has 0 aromatic heterocycles. The number of hydrogen-bond donors (Lipinski definition) is 4. The predicted molar refractivity (Wildman–Crippen MR) is 114 cm³/mol. The predicted octanol–water partition coefficient (Wildman–Crippen LogP) is 2.95. The Balaban J connectivity index is 0.00000578.